The van der Waals surface area contributed by atoms with Crippen LogP contribution in [0.4, 0.5) is 0 Å². The standard InChI is InChI=1S/C32H21N3O2S.C32H22N2O2S.C30H20N2O2S2.C29H19N5O2S/c1-20-33-26-9-6-12-30-32(26)34(20)29-18-15-22(19-31(29)38(30,36)37)21-13-16-23(17-14-21)35-27-10-4-2-7-24(27)25-8-3-5-11-28(25)35;1-21-33-28-13-8-14-30-32(28)34(21)29-16-15-24(20-31(29)37(30,35)36)27-18-25(22-9-4-2-5-10-22)17-26(19-27)23-11-6-3-7-12-23;1-19-31-24-8-5-9-28-30(24)32(19)25-15-14-23(18-29(25)36(28,33)34)20-10-12-22(13-11-20)27-17-16-26(35-27)21-6-3-2-4-7-21;1-18-30-22-13-8-14-24-26(22)34(18)23-16-15-21(17-25(23)37(24,35)36)29-32-27(19-9-4-2-5-10-19)31-28(33-29)20-11-6-3-7-12-20/h2-19H,1H3;2-20H,1H3;2-18H,1H3;2-17H,1H3. The van der Waals surface area contributed by atoms with Gasteiger partial charge in [-0.05, 0) is 252 Å². The first kappa shape index (κ1) is 90.2. The summed E-state index contributed by atoms with van der Waals surface area (Å²) in [5, 5.41) is 2.44. The number of para-hydroxylation sites is 6. The first-order chi connectivity index (χ1) is 72.0. The van der Waals surface area contributed by atoms with Crippen molar-refractivity contribution in [1.82, 2.24) is 57.7 Å². The molecule has 0 unspecified atom stereocenters. The maximum absolute atomic E-state index is 13.8. The lowest BCUT2D eigenvalue weighted by Gasteiger charge is -2.21. The Morgan fingerprint density at radius 1 is 0.189 bits per heavy atom. The van der Waals surface area contributed by atoms with Crippen molar-refractivity contribution in [1.29, 1.82) is 0 Å². The Morgan fingerprint density at radius 2 is 0.439 bits per heavy atom. The maximum Gasteiger partial charge on any atom is 0.210 e. The van der Waals surface area contributed by atoms with Crippen molar-refractivity contribution >= 4 is 117 Å². The predicted molar refractivity (Wildman–Crippen MR) is 585 cm³/mol. The van der Waals surface area contributed by atoms with E-state index >= 15 is 0 Å². The smallest absolute Gasteiger partial charge is 0.210 e. The molecule has 25 aromatic rings. The molecule has 0 amide bonds. The molecule has 7 aromatic heterocycles. The number of imidazole rings is 4. The number of thiophene rings is 1. The van der Waals surface area contributed by atoms with Crippen molar-refractivity contribution in [2.45, 2.75) is 66.9 Å². The minimum atomic E-state index is -3.78. The van der Waals surface area contributed by atoms with E-state index in [0.29, 0.717) is 119 Å². The summed E-state index contributed by atoms with van der Waals surface area (Å²) in [6, 6.07) is 138. The van der Waals surface area contributed by atoms with Gasteiger partial charge in [0.1, 0.15) is 23.3 Å². The van der Waals surface area contributed by atoms with Gasteiger partial charge in [-0.3, -0.25) is 18.3 Å². The highest BCUT2D eigenvalue weighted by atomic mass is 32.2. The summed E-state index contributed by atoms with van der Waals surface area (Å²) in [6.45, 7) is 7.61. The molecule has 0 atom stereocenters. The zero-order valence-corrected chi connectivity index (χ0v) is 83.7. The monoisotopic (exact) mass is 2010 g/mol. The van der Waals surface area contributed by atoms with Gasteiger partial charge < -0.3 is 4.57 Å². The van der Waals surface area contributed by atoms with Gasteiger partial charge in [-0.1, -0.05) is 267 Å². The van der Waals surface area contributed by atoms with Gasteiger partial charge in [0, 0.05) is 42.9 Å². The molecule has 4 aliphatic rings. The molecule has 0 fully saturated rings. The molecule has 0 saturated carbocycles. The molecule has 0 saturated heterocycles. The van der Waals surface area contributed by atoms with Gasteiger partial charge in [-0.15, -0.1) is 11.3 Å². The molecule has 18 aromatic carbocycles. The van der Waals surface area contributed by atoms with E-state index in [2.05, 4.69) is 200 Å². The highest BCUT2D eigenvalue weighted by Crippen LogP contribution is 2.49. The van der Waals surface area contributed by atoms with Crippen molar-refractivity contribution in [3.63, 3.8) is 0 Å². The molecule has 29 rings (SSSR count). The van der Waals surface area contributed by atoms with Crippen LogP contribution in [-0.2, 0) is 39.3 Å². The number of rotatable bonds is 11. The van der Waals surface area contributed by atoms with E-state index in [1.54, 1.807) is 84.1 Å². The van der Waals surface area contributed by atoms with E-state index < -0.39 is 39.3 Å². The summed E-state index contributed by atoms with van der Waals surface area (Å²) < 4.78 is 120. The second-order valence-corrected chi connectivity index (χ2v) is 45.4. The van der Waals surface area contributed by atoms with Crippen LogP contribution in [0.5, 0.6) is 0 Å². The van der Waals surface area contributed by atoms with Crippen LogP contribution >= 0.6 is 11.3 Å². The van der Waals surface area contributed by atoms with E-state index in [-0.39, 0.29) is 9.79 Å². The van der Waals surface area contributed by atoms with Gasteiger partial charge in [-0.2, -0.15) is 0 Å². The fourth-order valence-electron chi connectivity index (χ4n) is 21.1. The largest absolute Gasteiger partial charge is 0.309 e. The normalized spacial score (nSPS) is 13.6. The number of fused-ring (bicyclic) bond motifs is 11. The third-order valence-corrected chi connectivity index (χ3v) is 36.4. The van der Waals surface area contributed by atoms with E-state index in [0.717, 1.165) is 112 Å². The van der Waals surface area contributed by atoms with Crippen molar-refractivity contribution < 1.29 is 33.7 Å². The van der Waals surface area contributed by atoms with Crippen LogP contribution in [0.15, 0.2) is 464 Å². The van der Waals surface area contributed by atoms with Crippen LogP contribution in [-0.4, -0.2) is 91.4 Å². The van der Waals surface area contributed by atoms with Crippen molar-refractivity contribution in [3.8, 4) is 139 Å². The third-order valence-electron chi connectivity index (χ3n) is 28.0. The van der Waals surface area contributed by atoms with Crippen LogP contribution < -0.4 is 0 Å². The van der Waals surface area contributed by atoms with Crippen molar-refractivity contribution in [2.24, 2.45) is 0 Å². The van der Waals surface area contributed by atoms with E-state index in [9.17, 15) is 33.7 Å². The first-order valence-electron chi connectivity index (χ1n) is 48.0. The summed E-state index contributed by atoms with van der Waals surface area (Å²) >= 11 is 1.76. The highest BCUT2D eigenvalue weighted by Gasteiger charge is 2.39. The van der Waals surface area contributed by atoms with Crippen molar-refractivity contribution in [2.75, 3.05) is 0 Å². The zero-order valence-electron chi connectivity index (χ0n) is 79.6. The molecule has 0 N–H and O–H groups in total. The van der Waals surface area contributed by atoms with Gasteiger partial charge in [0.25, 0.3) is 0 Å². The van der Waals surface area contributed by atoms with Crippen LogP contribution in [0.1, 0.15) is 23.3 Å². The van der Waals surface area contributed by atoms with Gasteiger partial charge >= 0.3 is 0 Å². The number of benzene rings is 18. The minimum Gasteiger partial charge on any atom is -0.309 e. The molecule has 25 heteroatoms. The third kappa shape index (κ3) is 14.9. The average Bonchev–Trinajstić information content (AvgIpc) is 1.50. The minimum absolute atomic E-state index is 0.203. The van der Waals surface area contributed by atoms with Gasteiger partial charge in [0.05, 0.1) is 117 Å². The summed E-state index contributed by atoms with van der Waals surface area (Å²) in [4.78, 5) is 37.4. The van der Waals surface area contributed by atoms with Crippen LogP contribution in [0, 0.1) is 27.7 Å². The summed E-state index contributed by atoms with van der Waals surface area (Å²) in [6.07, 6.45) is 0. The lowest BCUT2D eigenvalue weighted by Crippen LogP contribution is -2.15. The highest BCUT2D eigenvalue weighted by molar-refractivity contribution is 7.93. The molecule has 0 bridgehead atoms. The zero-order chi connectivity index (χ0) is 100. The molecule has 0 spiro atoms. The molecular weight excluding hydrogens is 1930 g/mol. The molecule has 0 aliphatic carbocycles. The van der Waals surface area contributed by atoms with Crippen molar-refractivity contribution in [3.05, 3.63) is 448 Å². The summed E-state index contributed by atoms with van der Waals surface area (Å²) in [5.74, 6) is 4.47. The lowest BCUT2D eigenvalue weighted by molar-refractivity contribution is 0.592. The summed E-state index contributed by atoms with van der Waals surface area (Å²) in [5.41, 5.74) is 25.7. The van der Waals surface area contributed by atoms with Gasteiger partial charge in [0.15, 0.2) is 17.5 Å². The number of nitrogens with zero attached hydrogens (tertiary/aromatic N) is 12. The Kier molecular flexibility index (Phi) is 21.3. The van der Waals surface area contributed by atoms with Crippen LogP contribution in [0.25, 0.3) is 205 Å². The number of hydrogen-bond donors (Lipinski definition) is 0. The average molecular weight is 2020 g/mol. The second-order valence-electron chi connectivity index (χ2n) is 36.8. The number of aryl methyl sites for hydroxylation is 4. The van der Waals surface area contributed by atoms with E-state index in [1.165, 1.54) is 26.1 Å². The molecule has 0 radical (unpaired) electrons. The summed E-state index contributed by atoms with van der Waals surface area (Å²) in [7, 11) is -14.8. The Bertz CT molecular complexity index is 9890. The van der Waals surface area contributed by atoms with E-state index in [1.807, 2.05) is 222 Å². The quantitative estimate of drug-likeness (QED) is 0.117. The van der Waals surface area contributed by atoms with Gasteiger partial charge in [-0.25, -0.2) is 68.6 Å². The molecule has 148 heavy (non-hydrogen) atoms. The topological polar surface area (TPSA) is 251 Å². The lowest BCUT2D eigenvalue weighted by atomic mass is 9.93. The second kappa shape index (κ2) is 35.0. The molecule has 4 aliphatic heterocycles. The Balaban J connectivity index is 0.0000000999. The molecular formula is C123H82N12O8S5. The molecule has 11 heterocycles. The molecule has 20 nitrogen and oxygen atoms in total. The van der Waals surface area contributed by atoms with Crippen LogP contribution in [0.3, 0.4) is 0 Å². The predicted octanol–water partition coefficient (Wildman–Crippen LogP) is 27.9. The Morgan fingerprint density at radius 3 is 0.784 bits per heavy atom. The first-order valence-corrected chi connectivity index (χ1v) is 54.8. The number of hydrogen-bond acceptors (Lipinski definition) is 16. The fraction of sp³-hybridized carbons (Fsp3) is 0.0325. The number of sulfone groups is 4. The van der Waals surface area contributed by atoms with E-state index in [4.69, 9.17) is 15.0 Å². The Labute approximate surface area is 855 Å². The maximum atomic E-state index is 13.8. The Hall–Kier alpha value is -17.9. The number of aromatic nitrogens is 12. The van der Waals surface area contributed by atoms with Crippen LogP contribution in [0.2, 0.25) is 0 Å². The van der Waals surface area contributed by atoms with Gasteiger partial charge in [0.2, 0.25) is 39.3 Å². The molecule has 712 valence electrons. The fourth-order valence-corrected chi connectivity index (χ4v) is 28.8. The SMILES string of the molecule is Cc1nc2cccc3c2n1-c1ccc(-c2cc(-c4ccccc4)cc(-c4ccccc4)c2)cc1S3(=O)=O.Cc1nc2cccc3c2n1-c1ccc(-c2ccc(-c4ccc(-c5ccccc5)s4)cc2)cc1S3(=O)=O.Cc1nc2cccc3c2n1-c1ccc(-c2ccc(-n4c5ccccc5c5ccccc54)cc2)cc1S3(=O)=O.Cc1nc2cccc3c2n1-c1ccc(-c2nc(-c4ccccc4)nc(-c4ccccc4)n2)cc1S3(=O)=O.